The monoisotopic (exact) mass is 170 g/mol. The van der Waals surface area contributed by atoms with Crippen LogP contribution in [0.2, 0.25) is 0 Å². The van der Waals surface area contributed by atoms with Crippen LogP contribution in [0.5, 0.6) is 0 Å². The van der Waals surface area contributed by atoms with Gasteiger partial charge >= 0.3 is 0 Å². The molecule has 1 fully saturated rings. The quantitative estimate of drug-likeness (QED) is 0.694. The standard InChI is InChI=1S/C10H22N2/c1-10(2)7-9(5-4-6-11)8-12(10)3/h9H,4-8,11H2,1-3H3. The van der Waals surface area contributed by atoms with Gasteiger partial charge < -0.3 is 10.6 Å². The van der Waals surface area contributed by atoms with E-state index in [0.29, 0.717) is 5.54 Å². The summed E-state index contributed by atoms with van der Waals surface area (Å²) in [6.45, 7) is 6.76. The number of nitrogens with two attached hydrogens (primary N) is 1. The molecule has 0 bridgehead atoms. The highest BCUT2D eigenvalue weighted by Gasteiger charge is 2.34. The van der Waals surface area contributed by atoms with Crippen LogP contribution >= 0.6 is 0 Å². The first-order chi connectivity index (χ1) is 5.56. The van der Waals surface area contributed by atoms with Gasteiger partial charge in [-0.15, -0.1) is 0 Å². The van der Waals surface area contributed by atoms with Crippen molar-refractivity contribution in [2.45, 2.75) is 38.6 Å². The fourth-order valence-electron chi connectivity index (χ4n) is 2.16. The Morgan fingerprint density at radius 1 is 1.50 bits per heavy atom. The third kappa shape index (κ3) is 2.20. The number of likely N-dealkylation sites (tertiary alicyclic amines) is 1. The average molecular weight is 170 g/mol. The molecule has 1 atom stereocenters. The van der Waals surface area contributed by atoms with Crippen molar-refractivity contribution >= 4 is 0 Å². The van der Waals surface area contributed by atoms with Gasteiger partial charge in [0.2, 0.25) is 0 Å². The maximum Gasteiger partial charge on any atom is 0.0153 e. The van der Waals surface area contributed by atoms with Gasteiger partial charge in [-0.3, -0.25) is 0 Å². The molecule has 1 heterocycles. The topological polar surface area (TPSA) is 29.3 Å². The van der Waals surface area contributed by atoms with Crippen molar-refractivity contribution in [3.05, 3.63) is 0 Å². The minimum Gasteiger partial charge on any atom is -0.330 e. The Labute approximate surface area is 76.1 Å². The Bertz CT molecular complexity index is 143. The lowest BCUT2D eigenvalue weighted by molar-refractivity contribution is 0.218. The van der Waals surface area contributed by atoms with Crippen molar-refractivity contribution in [1.29, 1.82) is 0 Å². The van der Waals surface area contributed by atoms with Crippen molar-refractivity contribution in [3.63, 3.8) is 0 Å². The Hall–Kier alpha value is -0.0800. The van der Waals surface area contributed by atoms with E-state index >= 15 is 0 Å². The molecule has 2 nitrogen and oxygen atoms in total. The SMILES string of the molecule is CN1CC(CCCN)CC1(C)C. The molecule has 0 aliphatic carbocycles. The van der Waals surface area contributed by atoms with Crippen molar-refractivity contribution in [2.24, 2.45) is 11.7 Å². The van der Waals surface area contributed by atoms with Crippen LogP contribution in [0.25, 0.3) is 0 Å². The van der Waals surface area contributed by atoms with E-state index in [1.54, 1.807) is 0 Å². The van der Waals surface area contributed by atoms with Crippen molar-refractivity contribution in [1.82, 2.24) is 4.90 Å². The molecule has 2 heteroatoms. The van der Waals surface area contributed by atoms with E-state index in [0.717, 1.165) is 12.5 Å². The van der Waals surface area contributed by atoms with E-state index in [1.165, 1.54) is 25.8 Å². The van der Waals surface area contributed by atoms with E-state index in [-0.39, 0.29) is 0 Å². The second-order valence-electron chi connectivity index (χ2n) is 4.69. The van der Waals surface area contributed by atoms with Gasteiger partial charge in [0.1, 0.15) is 0 Å². The van der Waals surface area contributed by atoms with E-state index in [1.807, 2.05) is 0 Å². The highest BCUT2D eigenvalue weighted by atomic mass is 15.2. The Morgan fingerprint density at radius 2 is 2.17 bits per heavy atom. The van der Waals surface area contributed by atoms with Gasteiger partial charge in [-0.1, -0.05) is 0 Å². The van der Waals surface area contributed by atoms with Gasteiger partial charge in [0.15, 0.2) is 0 Å². The molecule has 0 amide bonds. The zero-order chi connectivity index (χ0) is 9.19. The Morgan fingerprint density at radius 3 is 2.58 bits per heavy atom. The van der Waals surface area contributed by atoms with Gasteiger partial charge in [0, 0.05) is 12.1 Å². The number of hydrogen-bond acceptors (Lipinski definition) is 2. The number of nitrogens with zero attached hydrogens (tertiary/aromatic N) is 1. The molecule has 0 spiro atoms. The van der Waals surface area contributed by atoms with Crippen molar-refractivity contribution in [3.8, 4) is 0 Å². The summed E-state index contributed by atoms with van der Waals surface area (Å²) < 4.78 is 0. The lowest BCUT2D eigenvalue weighted by atomic mass is 9.93. The first-order valence-corrected chi connectivity index (χ1v) is 4.97. The lowest BCUT2D eigenvalue weighted by Gasteiger charge is -2.26. The molecular weight excluding hydrogens is 148 g/mol. The van der Waals surface area contributed by atoms with Crippen LogP contribution in [0.15, 0.2) is 0 Å². The molecule has 2 N–H and O–H groups in total. The molecule has 0 radical (unpaired) electrons. The highest BCUT2D eigenvalue weighted by Crippen LogP contribution is 2.33. The Kier molecular flexibility index (Phi) is 3.13. The zero-order valence-corrected chi connectivity index (χ0v) is 8.64. The van der Waals surface area contributed by atoms with Gasteiger partial charge in [-0.05, 0) is 52.6 Å². The molecule has 1 aliphatic rings. The van der Waals surface area contributed by atoms with Gasteiger partial charge in [-0.25, -0.2) is 0 Å². The largest absolute Gasteiger partial charge is 0.330 e. The van der Waals surface area contributed by atoms with Crippen molar-refractivity contribution < 1.29 is 0 Å². The maximum absolute atomic E-state index is 5.50. The Balaban J connectivity index is 2.33. The van der Waals surface area contributed by atoms with Crippen LogP contribution in [-0.4, -0.2) is 30.6 Å². The molecule has 72 valence electrons. The maximum atomic E-state index is 5.50. The van der Waals surface area contributed by atoms with Crippen LogP contribution in [0.1, 0.15) is 33.1 Å². The summed E-state index contributed by atoms with van der Waals surface area (Å²) in [7, 11) is 2.22. The summed E-state index contributed by atoms with van der Waals surface area (Å²) >= 11 is 0. The highest BCUT2D eigenvalue weighted by molar-refractivity contribution is 4.90. The predicted molar refractivity (Wildman–Crippen MR) is 53.1 cm³/mol. The summed E-state index contributed by atoms with van der Waals surface area (Å²) in [6, 6.07) is 0. The summed E-state index contributed by atoms with van der Waals surface area (Å²) in [5.74, 6) is 0.883. The zero-order valence-electron chi connectivity index (χ0n) is 8.64. The minimum absolute atomic E-state index is 0.416. The minimum atomic E-state index is 0.416. The first-order valence-electron chi connectivity index (χ1n) is 4.97. The molecule has 0 aromatic carbocycles. The molecule has 0 saturated carbocycles. The second kappa shape index (κ2) is 3.75. The summed E-state index contributed by atoms with van der Waals surface area (Å²) in [5, 5.41) is 0. The van der Waals surface area contributed by atoms with Crippen molar-refractivity contribution in [2.75, 3.05) is 20.1 Å². The number of hydrogen-bond donors (Lipinski definition) is 1. The normalized spacial score (nSPS) is 29.5. The molecule has 1 rings (SSSR count). The third-order valence-electron chi connectivity index (χ3n) is 3.17. The predicted octanol–water partition coefficient (Wildman–Crippen LogP) is 1.46. The second-order valence-corrected chi connectivity index (χ2v) is 4.69. The summed E-state index contributed by atoms with van der Waals surface area (Å²) in [6.07, 6.45) is 3.84. The first kappa shape index (κ1) is 10.0. The third-order valence-corrected chi connectivity index (χ3v) is 3.17. The van der Waals surface area contributed by atoms with Crippen LogP contribution in [0, 0.1) is 5.92 Å². The van der Waals surface area contributed by atoms with E-state index in [4.69, 9.17) is 5.73 Å². The van der Waals surface area contributed by atoms with E-state index in [9.17, 15) is 0 Å². The van der Waals surface area contributed by atoms with Crippen LogP contribution in [0.3, 0.4) is 0 Å². The summed E-state index contributed by atoms with van der Waals surface area (Å²) in [5.41, 5.74) is 5.91. The lowest BCUT2D eigenvalue weighted by Crippen LogP contribution is -2.34. The summed E-state index contributed by atoms with van der Waals surface area (Å²) in [4.78, 5) is 2.47. The van der Waals surface area contributed by atoms with Crippen LogP contribution in [0.4, 0.5) is 0 Å². The smallest absolute Gasteiger partial charge is 0.0153 e. The fraction of sp³-hybridized carbons (Fsp3) is 1.00. The number of rotatable bonds is 3. The van der Waals surface area contributed by atoms with Crippen LogP contribution in [-0.2, 0) is 0 Å². The fourth-order valence-corrected chi connectivity index (χ4v) is 2.16. The molecule has 0 aromatic rings. The molecule has 1 saturated heterocycles. The van der Waals surface area contributed by atoms with Gasteiger partial charge in [0.25, 0.3) is 0 Å². The molecular formula is C10H22N2. The molecule has 0 aromatic heterocycles. The molecule has 1 unspecified atom stereocenters. The van der Waals surface area contributed by atoms with E-state index < -0.39 is 0 Å². The molecule has 1 aliphatic heterocycles. The average Bonchev–Trinajstić information content (AvgIpc) is 2.22. The van der Waals surface area contributed by atoms with E-state index in [2.05, 4.69) is 25.8 Å². The molecule has 12 heavy (non-hydrogen) atoms. The van der Waals surface area contributed by atoms with Crippen LogP contribution < -0.4 is 5.73 Å². The van der Waals surface area contributed by atoms with Gasteiger partial charge in [0.05, 0.1) is 0 Å². The van der Waals surface area contributed by atoms with Gasteiger partial charge in [-0.2, -0.15) is 0 Å².